The second-order valence-corrected chi connectivity index (χ2v) is 8.26. The van der Waals surface area contributed by atoms with E-state index in [1.54, 1.807) is 17.5 Å². The first kappa shape index (κ1) is 16.4. The van der Waals surface area contributed by atoms with Crippen LogP contribution >= 0.6 is 11.3 Å². The van der Waals surface area contributed by atoms with Crippen LogP contribution in [0.2, 0.25) is 0 Å². The molecule has 0 spiro atoms. The number of hydrogen-bond acceptors (Lipinski definition) is 6. The fourth-order valence-electron chi connectivity index (χ4n) is 2.93. The van der Waals surface area contributed by atoms with Crippen LogP contribution in [0.4, 0.5) is 5.13 Å². The summed E-state index contributed by atoms with van der Waals surface area (Å²) in [6.45, 7) is 8.29. The maximum atomic E-state index is 10.6. The first-order valence-electron chi connectivity index (χ1n) is 8.10. The van der Waals surface area contributed by atoms with Crippen molar-refractivity contribution in [2.75, 3.05) is 18.0 Å². The Hall–Kier alpha value is -1.47. The number of aliphatic hydroxyl groups excluding tert-OH is 1. The van der Waals surface area contributed by atoms with Crippen LogP contribution in [-0.2, 0) is 12.5 Å². The van der Waals surface area contributed by atoms with Gasteiger partial charge in [-0.2, -0.15) is 0 Å². The standard InChI is InChI=1S/C16H25N5OS/c1-16(2,3)14-18-19-15(23-14)21-8-5-11(6-9-21)12(22)13-17-7-10-20(13)4/h7,10-12,22H,5-6,8-9H2,1-4H3. The highest BCUT2D eigenvalue weighted by Gasteiger charge is 2.30. The Morgan fingerprint density at radius 3 is 2.48 bits per heavy atom. The fraction of sp³-hybridized carbons (Fsp3) is 0.688. The molecule has 0 aromatic carbocycles. The Labute approximate surface area is 141 Å². The van der Waals surface area contributed by atoms with Crippen molar-refractivity contribution in [3.63, 3.8) is 0 Å². The Balaban J connectivity index is 1.62. The van der Waals surface area contributed by atoms with E-state index in [-0.39, 0.29) is 11.3 Å². The topological polar surface area (TPSA) is 67.1 Å². The maximum absolute atomic E-state index is 10.6. The van der Waals surface area contributed by atoms with E-state index in [0.29, 0.717) is 0 Å². The zero-order valence-corrected chi connectivity index (χ0v) is 15.0. The number of aliphatic hydroxyl groups is 1. The predicted octanol–water partition coefficient (Wildman–Crippen LogP) is 2.52. The quantitative estimate of drug-likeness (QED) is 0.933. The second kappa shape index (κ2) is 6.20. The number of rotatable bonds is 3. The minimum atomic E-state index is -0.489. The van der Waals surface area contributed by atoms with Gasteiger partial charge in [-0.1, -0.05) is 32.1 Å². The summed E-state index contributed by atoms with van der Waals surface area (Å²) in [5.41, 5.74) is 0.0443. The van der Waals surface area contributed by atoms with E-state index in [2.05, 4.69) is 40.9 Å². The molecule has 1 saturated heterocycles. The van der Waals surface area contributed by atoms with Gasteiger partial charge in [0.2, 0.25) is 5.13 Å². The summed E-state index contributed by atoms with van der Waals surface area (Å²) in [6.07, 6.45) is 5.01. The summed E-state index contributed by atoms with van der Waals surface area (Å²) in [7, 11) is 1.93. The van der Waals surface area contributed by atoms with E-state index in [9.17, 15) is 5.11 Å². The van der Waals surface area contributed by atoms with E-state index in [1.165, 1.54) is 0 Å². The zero-order chi connectivity index (χ0) is 16.6. The molecular weight excluding hydrogens is 310 g/mol. The van der Waals surface area contributed by atoms with Gasteiger partial charge in [0.25, 0.3) is 0 Å². The molecular formula is C16H25N5OS. The molecule has 2 aromatic rings. The molecule has 7 heteroatoms. The van der Waals surface area contributed by atoms with Gasteiger partial charge < -0.3 is 14.6 Å². The van der Waals surface area contributed by atoms with Gasteiger partial charge in [0.1, 0.15) is 16.9 Å². The number of aryl methyl sites for hydroxylation is 1. The zero-order valence-electron chi connectivity index (χ0n) is 14.2. The van der Waals surface area contributed by atoms with Gasteiger partial charge in [0.15, 0.2) is 0 Å². The third kappa shape index (κ3) is 3.40. The summed E-state index contributed by atoms with van der Waals surface area (Å²) < 4.78 is 1.90. The van der Waals surface area contributed by atoms with Crippen LogP contribution in [0.1, 0.15) is 50.5 Å². The first-order chi connectivity index (χ1) is 10.9. The fourth-order valence-corrected chi connectivity index (χ4v) is 3.88. The number of piperidine rings is 1. The lowest BCUT2D eigenvalue weighted by Crippen LogP contribution is -2.36. The molecule has 1 atom stereocenters. The maximum Gasteiger partial charge on any atom is 0.208 e. The molecule has 23 heavy (non-hydrogen) atoms. The molecule has 3 rings (SSSR count). The molecule has 0 amide bonds. The number of anilines is 1. The summed E-state index contributed by atoms with van der Waals surface area (Å²) in [5.74, 6) is 1.01. The lowest BCUT2D eigenvalue weighted by Gasteiger charge is -2.33. The van der Waals surface area contributed by atoms with Gasteiger partial charge in [-0.15, -0.1) is 10.2 Å². The van der Waals surface area contributed by atoms with Crippen molar-refractivity contribution in [3.05, 3.63) is 23.2 Å². The SMILES string of the molecule is Cn1ccnc1C(O)C1CCN(c2nnc(C(C)(C)C)s2)CC1. The Bertz CT molecular complexity index is 651. The summed E-state index contributed by atoms with van der Waals surface area (Å²) in [6, 6.07) is 0. The monoisotopic (exact) mass is 335 g/mol. The van der Waals surface area contributed by atoms with Crippen LogP contribution in [0.5, 0.6) is 0 Å². The molecule has 1 unspecified atom stereocenters. The molecule has 2 aromatic heterocycles. The molecule has 1 N–H and O–H groups in total. The Morgan fingerprint density at radius 1 is 1.26 bits per heavy atom. The molecule has 1 fully saturated rings. The van der Waals surface area contributed by atoms with Crippen LogP contribution in [0, 0.1) is 5.92 Å². The summed E-state index contributed by atoms with van der Waals surface area (Å²) in [4.78, 5) is 6.56. The van der Waals surface area contributed by atoms with Gasteiger partial charge in [-0.05, 0) is 18.8 Å². The van der Waals surface area contributed by atoms with E-state index in [1.807, 2.05) is 17.8 Å². The van der Waals surface area contributed by atoms with Crippen molar-refractivity contribution in [3.8, 4) is 0 Å². The molecule has 1 aliphatic rings. The molecule has 0 aliphatic carbocycles. The molecule has 0 saturated carbocycles. The number of hydrogen-bond donors (Lipinski definition) is 1. The van der Waals surface area contributed by atoms with E-state index in [0.717, 1.165) is 41.9 Å². The van der Waals surface area contributed by atoms with E-state index < -0.39 is 6.10 Å². The van der Waals surface area contributed by atoms with Crippen LogP contribution < -0.4 is 4.90 Å². The van der Waals surface area contributed by atoms with Gasteiger partial charge in [-0.3, -0.25) is 0 Å². The van der Waals surface area contributed by atoms with E-state index in [4.69, 9.17) is 0 Å². The average Bonchev–Trinajstić information content (AvgIpc) is 3.15. The average molecular weight is 335 g/mol. The van der Waals surface area contributed by atoms with E-state index >= 15 is 0 Å². The van der Waals surface area contributed by atoms with Crippen molar-refractivity contribution >= 4 is 16.5 Å². The summed E-state index contributed by atoms with van der Waals surface area (Å²) >= 11 is 1.68. The molecule has 0 bridgehead atoms. The molecule has 126 valence electrons. The predicted molar refractivity (Wildman–Crippen MR) is 91.7 cm³/mol. The van der Waals surface area contributed by atoms with Crippen molar-refractivity contribution in [1.29, 1.82) is 0 Å². The van der Waals surface area contributed by atoms with Crippen LogP contribution in [0.15, 0.2) is 12.4 Å². The smallest absolute Gasteiger partial charge is 0.208 e. The first-order valence-corrected chi connectivity index (χ1v) is 8.92. The molecule has 0 radical (unpaired) electrons. The molecule has 1 aliphatic heterocycles. The van der Waals surface area contributed by atoms with Crippen molar-refractivity contribution in [2.24, 2.45) is 13.0 Å². The Kier molecular flexibility index (Phi) is 4.42. The van der Waals surface area contributed by atoms with Gasteiger partial charge in [-0.25, -0.2) is 4.98 Å². The number of nitrogens with zero attached hydrogens (tertiary/aromatic N) is 5. The number of imidazole rings is 1. The van der Waals surface area contributed by atoms with Crippen molar-refractivity contribution in [1.82, 2.24) is 19.7 Å². The third-order valence-corrected chi connectivity index (χ3v) is 5.85. The van der Waals surface area contributed by atoms with Gasteiger partial charge >= 0.3 is 0 Å². The van der Waals surface area contributed by atoms with Crippen molar-refractivity contribution < 1.29 is 5.11 Å². The molecule has 6 nitrogen and oxygen atoms in total. The van der Waals surface area contributed by atoms with Crippen LogP contribution in [0.3, 0.4) is 0 Å². The largest absolute Gasteiger partial charge is 0.385 e. The van der Waals surface area contributed by atoms with Crippen LogP contribution in [-0.4, -0.2) is 37.9 Å². The van der Waals surface area contributed by atoms with Crippen LogP contribution in [0.25, 0.3) is 0 Å². The Morgan fingerprint density at radius 2 is 1.96 bits per heavy atom. The lowest BCUT2D eigenvalue weighted by molar-refractivity contribution is 0.0825. The second-order valence-electron chi connectivity index (χ2n) is 7.31. The third-order valence-electron chi connectivity index (χ3n) is 4.44. The number of aromatic nitrogens is 4. The van der Waals surface area contributed by atoms with Gasteiger partial charge in [0, 0.05) is 37.9 Å². The van der Waals surface area contributed by atoms with Crippen molar-refractivity contribution in [2.45, 2.75) is 45.1 Å². The highest BCUT2D eigenvalue weighted by Crippen LogP contribution is 2.34. The molecule has 3 heterocycles. The summed E-state index contributed by atoms with van der Waals surface area (Å²) in [5, 5.41) is 21.3. The normalized spacial score (nSPS) is 18.4. The minimum Gasteiger partial charge on any atom is -0.385 e. The highest BCUT2D eigenvalue weighted by atomic mass is 32.1. The minimum absolute atomic E-state index is 0.0443. The lowest BCUT2D eigenvalue weighted by atomic mass is 9.91. The van der Waals surface area contributed by atoms with Gasteiger partial charge in [0.05, 0.1) is 0 Å². The highest BCUT2D eigenvalue weighted by molar-refractivity contribution is 7.15.